The highest BCUT2D eigenvalue weighted by molar-refractivity contribution is 5.81. The minimum absolute atomic E-state index is 0.0292. The van der Waals surface area contributed by atoms with Gasteiger partial charge in [0.2, 0.25) is 0 Å². The summed E-state index contributed by atoms with van der Waals surface area (Å²) in [5, 5.41) is 7.41. The van der Waals surface area contributed by atoms with Gasteiger partial charge in [-0.25, -0.2) is 24.1 Å². The molecule has 0 aromatic heterocycles. The van der Waals surface area contributed by atoms with E-state index < -0.39 is 30.3 Å². The van der Waals surface area contributed by atoms with Crippen LogP contribution in [0.5, 0.6) is 17.2 Å². The number of hydrogen-bond donors (Lipinski definition) is 3. The first kappa shape index (κ1) is 29.3. The number of hydrogen-bond acceptors (Lipinski definition) is 9. The van der Waals surface area contributed by atoms with Crippen LogP contribution in [0, 0.1) is 0 Å². The Balaban J connectivity index is 1.43. The van der Waals surface area contributed by atoms with Crippen molar-refractivity contribution >= 4 is 24.2 Å². The maximum Gasteiger partial charge on any atom is 0.451 e. The monoisotopic (exact) mass is 551 g/mol. The number of benzene rings is 3. The fraction of sp³-hybridized carbons (Fsp3) is 0.214. The van der Waals surface area contributed by atoms with E-state index in [1.165, 1.54) is 0 Å². The Bertz CT molecular complexity index is 1210. The maximum absolute atomic E-state index is 12.7. The summed E-state index contributed by atoms with van der Waals surface area (Å²) in [7, 11) is 0. The summed E-state index contributed by atoms with van der Waals surface area (Å²) in [5.74, 6) is 0.248. The molecule has 0 aliphatic rings. The van der Waals surface area contributed by atoms with Gasteiger partial charge in [0.15, 0.2) is 5.75 Å². The van der Waals surface area contributed by atoms with Crippen LogP contribution in [-0.4, -0.2) is 50.0 Å². The van der Waals surface area contributed by atoms with Crippen molar-refractivity contribution in [3.8, 4) is 17.2 Å². The summed E-state index contributed by atoms with van der Waals surface area (Å²) >= 11 is 0. The minimum Gasteiger partial charge on any atom is -0.462 e. The van der Waals surface area contributed by atoms with Crippen molar-refractivity contribution < 1.29 is 43.2 Å². The molecule has 0 aliphatic carbocycles. The standard InChI is InChI=1S/C28H29N3O9/c32-25(36-20-19-30-27(34)38-22-13-6-2-7-14-22)24(31-28(35)40-39-23-15-8-3-9-16-23)17-10-18-29-26(33)37-21-11-4-1-5-12-21/h1-9,11-16,24H,10,17-20H2,(H,29,33)(H,30,34)(H,31,35). The molecule has 0 radical (unpaired) electrons. The molecule has 1 unspecified atom stereocenters. The van der Waals surface area contributed by atoms with Crippen molar-refractivity contribution in [1.29, 1.82) is 0 Å². The van der Waals surface area contributed by atoms with Crippen LogP contribution in [0.15, 0.2) is 91.0 Å². The summed E-state index contributed by atoms with van der Waals surface area (Å²) in [4.78, 5) is 58.4. The van der Waals surface area contributed by atoms with Crippen molar-refractivity contribution in [1.82, 2.24) is 16.0 Å². The van der Waals surface area contributed by atoms with Crippen molar-refractivity contribution in [3.05, 3.63) is 91.0 Å². The molecule has 0 aliphatic heterocycles. The number of carbonyl (C=O) groups is 4. The molecule has 0 fully saturated rings. The second-order valence-corrected chi connectivity index (χ2v) is 8.03. The van der Waals surface area contributed by atoms with E-state index in [0.29, 0.717) is 11.5 Å². The van der Waals surface area contributed by atoms with Crippen LogP contribution >= 0.6 is 0 Å². The van der Waals surface area contributed by atoms with Gasteiger partial charge in [0, 0.05) is 6.54 Å². The van der Waals surface area contributed by atoms with Crippen LogP contribution in [-0.2, 0) is 14.4 Å². The fourth-order valence-electron chi connectivity index (χ4n) is 3.14. The van der Waals surface area contributed by atoms with Crippen LogP contribution in [0.25, 0.3) is 0 Å². The Labute approximate surface area is 230 Å². The van der Waals surface area contributed by atoms with Gasteiger partial charge >= 0.3 is 24.2 Å². The number of nitrogens with one attached hydrogen (secondary N) is 3. The molecule has 210 valence electrons. The zero-order chi connectivity index (χ0) is 28.4. The average Bonchev–Trinajstić information content (AvgIpc) is 2.97. The number of ether oxygens (including phenoxy) is 3. The molecule has 40 heavy (non-hydrogen) atoms. The molecule has 0 spiro atoms. The molecule has 12 heteroatoms. The second-order valence-electron chi connectivity index (χ2n) is 8.03. The van der Waals surface area contributed by atoms with Crippen LogP contribution < -0.4 is 30.3 Å². The number of rotatable bonds is 13. The average molecular weight is 552 g/mol. The Morgan fingerprint density at radius 3 is 1.68 bits per heavy atom. The van der Waals surface area contributed by atoms with Gasteiger partial charge in [-0.2, -0.15) is 0 Å². The van der Waals surface area contributed by atoms with E-state index in [2.05, 4.69) is 16.0 Å². The van der Waals surface area contributed by atoms with E-state index in [4.69, 9.17) is 24.0 Å². The van der Waals surface area contributed by atoms with Gasteiger partial charge in [-0.15, -0.1) is 0 Å². The van der Waals surface area contributed by atoms with Crippen molar-refractivity contribution in [2.45, 2.75) is 18.9 Å². The van der Waals surface area contributed by atoms with E-state index >= 15 is 0 Å². The van der Waals surface area contributed by atoms with Crippen LogP contribution in [0.1, 0.15) is 12.8 Å². The zero-order valence-electron chi connectivity index (χ0n) is 21.4. The summed E-state index contributed by atoms with van der Waals surface area (Å²) in [5.41, 5.74) is 0. The lowest BCUT2D eigenvalue weighted by Crippen LogP contribution is -2.43. The van der Waals surface area contributed by atoms with E-state index in [9.17, 15) is 19.2 Å². The summed E-state index contributed by atoms with van der Waals surface area (Å²) in [6.45, 7) is -0.0593. The predicted molar refractivity (Wildman–Crippen MR) is 142 cm³/mol. The van der Waals surface area contributed by atoms with E-state index in [1.54, 1.807) is 91.0 Å². The normalized spacial score (nSPS) is 10.8. The third kappa shape index (κ3) is 11.4. The maximum atomic E-state index is 12.7. The number of esters is 1. The predicted octanol–water partition coefficient (Wildman–Crippen LogP) is 3.98. The lowest BCUT2D eigenvalue weighted by molar-refractivity contribution is -0.152. The van der Waals surface area contributed by atoms with E-state index in [0.717, 1.165) is 0 Å². The molecule has 0 saturated carbocycles. The minimum atomic E-state index is -1.13. The zero-order valence-corrected chi connectivity index (χ0v) is 21.4. The fourth-order valence-corrected chi connectivity index (χ4v) is 3.14. The molecule has 3 amide bonds. The smallest absolute Gasteiger partial charge is 0.451 e. The largest absolute Gasteiger partial charge is 0.462 e. The summed E-state index contributed by atoms with van der Waals surface area (Å²) in [6.07, 6.45) is -2.03. The number of carbonyl (C=O) groups excluding carboxylic acids is 4. The molecule has 0 heterocycles. The third-order valence-electron chi connectivity index (χ3n) is 5.00. The molecular formula is C28H29N3O9. The first-order valence-electron chi connectivity index (χ1n) is 12.4. The SMILES string of the molecule is O=C(NC(CCCNC(=O)Oc1ccccc1)C(=O)OCCNC(=O)Oc1ccccc1)OOc1ccccc1. The highest BCUT2D eigenvalue weighted by Gasteiger charge is 2.24. The van der Waals surface area contributed by atoms with Crippen LogP contribution in [0.4, 0.5) is 14.4 Å². The summed E-state index contributed by atoms with van der Waals surface area (Å²) in [6, 6.07) is 24.1. The highest BCUT2D eigenvalue weighted by atomic mass is 17.2. The third-order valence-corrected chi connectivity index (χ3v) is 5.00. The Morgan fingerprint density at radius 1 is 0.625 bits per heavy atom. The van der Waals surface area contributed by atoms with Gasteiger partial charge in [0.05, 0.1) is 6.54 Å². The first-order chi connectivity index (χ1) is 19.5. The molecule has 1 atom stereocenters. The van der Waals surface area contributed by atoms with Gasteiger partial charge in [0.1, 0.15) is 24.1 Å². The quantitative estimate of drug-likeness (QED) is 0.124. The Kier molecular flexibility index (Phi) is 12.1. The molecule has 3 aromatic rings. The van der Waals surface area contributed by atoms with Crippen molar-refractivity contribution in [2.75, 3.05) is 19.7 Å². The van der Waals surface area contributed by atoms with Crippen LogP contribution in [0.3, 0.4) is 0 Å². The first-order valence-corrected chi connectivity index (χ1v) is 12.4. The lowest BCUT2D eigenvalue weighted by atomic mass is 10.1. The molecule has 3 rings (SSSR count). The second kappa shape index (κ2) is 16.6. The highest BCUT2D eigenvalue weighted by Crippen LogP contribution is 2.10. The summed E-state index contributed by atoms with van der Waals surface area (Å²) < 4.78 is 15.4. The molecule has 0 bridgehead atoms. The van der Waals surface area contributed by atoms with Gasteiger partial charge in [0.25, 0.3) is 0 Å². The van der Waals surface area contributed by atoms with E-state index in [-0.39, 0.29) is 38.3 Å². The topological polar surface area (TPSA) is 151 Å². The van der Waals surface area contributed by atoms with Crippen molar-refractivity contribution in [2.24, 2.45) is 0 Å². The van der Waals surface area contributed by atoms with Gasteiger partial charge in [-0.05, 0) is 49.2 Å². The van der Waals surface area contributed by atoms with Gasteiger partial charge in [-0.1, -0.05) is 54.6 Å². The van der Waals surface area contributed by atoms with E-state index in [1.807, 2.05) is 0 Å². The number of para-hydroxylation sites is 3. The molecule has 0 saturated heterocycles. The van der Waals surface area contributed by atoms with Gasteiger partial charge in [-0.3, -0.25) is 4.89 Å². The molecule has 3 aromatic carbocycles. The van der Waals surface area contributed by atoms with Crippen LogP contribution in [0.2, 0.25) is 0 Å². The van der Waals surface area contributed by atoms with Crippen molar-refractivity contribution in [3.63, 3.8) is 0 Å². The Morgan fingerprint density at radius 2 is 1.12 bits per heavy atom. The Hall–Kier alpha value is -5.26. The van der Waals surface area contributed by atoms with Gasteiger partial charge < -0.3 is 30.2 Å². The molecular weight excluding hydrogens is 522 g/mol. The molecule has 12 nitrogen and oxygen atoms in total. The molecule has 3 N–H and O–H groups in total. The number of amides is 3. The lowest BCUT2D eigenvalue weighted by Gasteiger charge is -2.17.